The minimum atomic E-state index is -4.33. The Morgan fingerprint density at radius 2 is 2.00 bits per heavy atom. The molecular formula is C13H15F3N2OS. The van der Waals surface area contributed by atoms with Crippen LogP contribution >= 0.6 is 11.8 Å². The average molecular weight is 304 g/mol. The summed E-state index contributed by atoms with van der Waals surface area (Å²) in [5, 5.41) is 2.77. The zero-order chi connectivity index (χ0) is 14.8. The molecule has 0 bridgehead atoms. The van der Waals surface area contributed by atoms with Crippen molar-refractivity contribution in [2.24, 2.45) is 0 Å². The van der Waals surface area contributed by atoms with Crippen LogP contribution in [-0.2, 0) is 11.0 Å². The van der Waals surface area contributed by atoms with E-state index in [1.54, 1.807) is 11.9 Å². The number of alkyl halides is 3. The van der Waals surface area contributed by atoms with Crippen LogP contribution in [0.4, 0.5) is 13.2 Å². The van der Waals surface area contributed by atoms with Crippen LogP contribution in [0.3, 0.4) is 0 Å². The maximum absolute atomic E-state index is 12.5. The van der Waals surface area contributed by atoms with Gasteiger partial charge in [-0.25, -0.2) is 0 Å². The second-order valence-corrected chi connectivity index (χ2v) is 5.54. The molecule has 1 aromatic carbocycles. The van der Waals surface area contributed by atoms with Crippen LogP contribution in [0.5, 0.6) is 0 Å². The van der Waals surface area contributed by atoms with E-state index in [9.17, 15) is 18.0 Å². The molecule has 0 spiro atoms. The molecule has 1 heterocycles. The molecule has 110 valence electrons. The number of nitrogens with one attached hydrogen (secondary N) is 1. The van der Waals surface area contributed by atoms with Crippen LogP contribution in [0.2, 0.25) is 0 Å². The predicted molar refractivity (Wildman–Crippen MR) is 72.3 cm³/mol. The minimum absolute atomic E-state index is 0.0233. The zero-order valence-corrected chi connectivity index (χ0v) is 11.7. The first kappa shape index (κ1) is 15.2. The summed E-state index contributed by atoms with van der Waals surface area (Å²) in [6, 6.07) is 5.03. The molecule has 1 aliphatic rings. The van der Waals surface area contributed by atoms with Gasteiger partial charge in [-0.3, -0.25) is 4.79 Å². The Balaban J connectivity index is 2.16. The molecule has 1 saturated heterocycles. The number of nitrogens with zero attached hydrogens (tertiary/aromatic N) is 1. The predicted octanol–water partition coefficient (Wildman–Crippen LogP) is 2.50. The summed E-state index contributed by atoms with van der Waals surface area (Å²) in [4.78, 5) is 13.5. The fourth-order valence-corrected chi connectivity index (χ4v) is 3.26. The van der Waals surface area contributed by atoms with E-state index >= 15 is 0 Å². The zero-order valence-electron chi connectivity index (χ0n) is 10.9. The summed E-state index contributed by atoms with van der Waals surface area (Å²) in [5.74, 6) is 0.394. The van der Waals surface area contributed by atoms with E-state index in [-0.39, 0.29) is 11.3 Å². The second kappa shape index (κ2) is 6.05. The van der Waals surface area contributed by atoms with Gasteiger partial charge in [0, 0.05) is 13.1 Å². The number of hydrogen-bond acceptors (Lipinski definition) is 3. The quantitative estimate of drug-likeness (QED) is 0.927. The van der Waals surface area contributed by atoms with E-state index in [1.165, 1.54) is 23.9 Å². The van der Waals surface area contributed by atoms with Crippen molar-refractivity contribution in [3.05, 3.63) is 35.4 Å². The van der Waals surface area contributed by atoms with Gasteiger partial charge in [-0.05, 0) is 24.7 Å². The topological polar surface area (TPSA) is 32.3 Å². The van der Waals surface area contributed by atoms with Crippen LogP contribution in [0.1, 0.15) is 16.5 Å². The smallest absolute Gasteiger partial charge is 0.325 e. The van der Waals surface area contributed by atoms with Gasteiger partial charge in [-0.2, -0.15) is 13.2 Å². The Hall–Kier alpha value is -1.21. The molecule has 0 radical (unpaired) electrons. The molecule has 2 rings (SSSR count). The Morgan fingerprint density at radius 1 is 1.35 bits per heavy atom. The molecule has 7 heteroatoms. The number of benzene rings is 1. The van der Waals surface area contributed by atoms with E-state index < -0.39 is 11.7 Å². The van der Waals surface area contributed by atoms with E-state index in [0.717, 1.165) is 17.7 Å². The molecule has 1 unspecified atom stereocenters. The van der Waals surface area contributed by atoms with Crippen LogP contribution in [-0.4, -0.2) is 36.7 Å². The van der Waals surface area contributed by atoms with Gasteiger partial charge in [0.15, 0.2) is 0 Å². The van der Waals surface area contributed by atoms with Crippen molar-refractivity contribution >= 4 is 17.7 Å². The highest BCUT2D eigenvalue weighted by molar-refractivity contribution is 8.00. The fourth-order valence-electron chi connectivity index (χ4n) is 2.04. The van der Waals surface area contributed by atoms with Crippen molar-refractivity contribution in [2.75, 3.05) is 25.9 Å². The van der Waals surface area contributed by atoms with Gasteiger partial charge in [-0.1, -0.05) is 12.1 Å². The summed E-state index contributed by atoms with van der Waals surface area (Å²) in [6.45, 7) is 1.21. The summed E-state index contributed by atoms with van der Waals surface area (Å²) in [7, 11) is 1.79. The standard InChI is InChI=1S/C13H15F3N2OS/c1-17-6-7-18-11(19)8-20-12(18)9-2-4-10(5-3-9)13(14,15)16/h2-5,12,17H,6-8H2,1H3. The van der Waals surface area contributed by atoms with E-state index in [4.69, 9.17) is 0 Å². The van der Waals surface area contributed by atoms with Gasteiger partial charge < -0.3 is 10.2 Å². The number of likely N-dealkylation sites (N-methyl/N-ethyl adjacent to an activating group) is 1. The molecule has 3 nitrogen and oxygen atoms in total. The minimum Gasteiger partial charge on any atom is -0.325 e. The van der Waals surface area contributed by atoms with Gasteiger partial charge in [-0.15, -0.1) is 11.8 Å². The summed E-state index contributed by atoms with van der Waals surface area (Å²) in [6.07, 6.45) is -4.33. The third-order valence-electron chi connectivity index (χ3n) is 3.09. The van der Waals surface area contributed by atoms with Crippen LogP contribution < -0.4 is 5.32 Å². The Bertz CT molecular complexity index is 475. The van der Waals surface area contributed by atoms with Crippen LogP contribution in [0.25, 0.3) is 0 Å². The number of hydrogen-bond donors (Lipinski definition) is 1. The van der Waals surface area contributed by atoms with Crippen molar-refractivity contribution in [1.29, 1.82) is 0 Å². The molecule has 1 atom stereocenters. The van der Waals surface area contributed by atoms with E-state index in [1.807, 2.05) is 0 Å². The lowest BCUT2D eigenvalue weighted by Crippen LogP contribution is -2.34. The number of carbonyl (C=O) groups is 1. The van der Waals surface area contributed by atoms with Gasteiger partial charge >= 0.3 is 6.18 Å². The van der Waals surface area contributed by atoms with Crippen LogP contribution in [0.15, 0.2) is 24.3 Å². The number of thioether (sulfide) groups is 1. The number of amides is 1. The number of rotatable bonds is 4. The lowest BCUT2D eigenvalue weighted by molar-refractivity contribution is -0.137. The molecule has 1 amide bonds. The molecule has 20 heavy (non-hydrogen) atoms. The van der Waals surface area contributed by atoms with Crippen LogP contribution in [0, 0.1) is 0 Å². The maximum atomic E-state index is 12.5. The number of halogens is 3. The molecule has 1 fully saturated rings. The normalized spacial score (nSPS) is 19.7. The van der Waals surface area contributed by atoms with Crippen molar-refractivity contribution in [1.82, 2.24) is 10.2 Å². The number of carbonyl (C=O) groups excluding carboxylic acids is 1. The fraction of sp³-hybridized carbons (Fsp3) is 0.462. The van der Waals surface area contributed by atoms with E-state index in [2.05, 4.69) is 5.32 Å². The highest BCUT2D eigenvalue weighted by Crippen LogP contribution is 2.39. The molecule has 1 aliphatic heterocycles. The van der Waals surface area contributed by atoms with Crippen molar-refractivity contribution in [3.63, 3.8) is 0 Å². The first-order valence-electron chi connectivity index (χ1n) is 6.16. The van der Waals surface area contributed by atoms with Crippen molar-refractivity contribution in [2.45, 2.75) is 11.6 Å². The molecule has 1 N–H and O–H groups in total. The Kier molecular flexibility index (Phi) is 4.59. The summed E-state index contributed by atoms with van der Waals surface area (Å²) in [5.41, 5.74) is 0.0577. The molecule has 0 saturated carbocycles. The maximum Gasteiger partial charge on any atom is 0.416 e. The summed E-state index contributed by atoms with van der Waals surface area (Å²) < 4.78 is 37.6. The Labute approximate surface area is 119 Å². The second-order valence-electron chi connectivity index (χ2n) is 4.47. The first-order chi connectivity index (χ1) is 9.43. The van der Waals surface area contributed by atoms with Crippen molar-refractivity contribution in [3.8, 4) is 0 Å². The molecule has 0 aliphatic carbocycles. The monoisotopic (exact) mass is 304 g/mol. The van der Waals surface area contributed by atoms with E-state index in [0.29, 0.717) is 18.8 Å². The highest BCUT2D eigenvalue weighted by Gasteiger charge is 2.34. The lowest BCUT2D eigenvalue weighted by atomic mass is 10.1. The highest BCUT2D eigenvalue weighted by atomic mass is 32.2. The largest absolute Gasteiger partial charge is 0.416 e. The van der Waals surface area contributed by atoms with Gasteiger partial charge in [0.1, 0.15) is 5.37 Å². The Morgan fingerprint density at radius 3 is 2.55 bits per heavy atom. The van der Waals surface area contributed by atoms with Crippen molar-refractivity contribution < 1.29 is 18.0 Å². The van der Waals surface area contributed by atoms with Gasteiger partial charge in [0.2, 0.25) is 5.91 Å². The average Bonchev–Trinajstić information content (AvgIpc) is 2.77. The molecule has 0 aromatic heterocycles. The summed E-state index contributed by atoms with van der Waals surface area (Å²) >= 11 is 1.44. The third kappa shape index (κ3) is 3.27. The lowest BCUT2D eigenvalue weighted by Gasteiger charge is -2.24. The third-order valence-corrected chi connectivity index (χ3v) is 4.35. The SMILES string of the molecule is CNCCN1C(=O)CSC1c1ccc(C(F)(F)F)cc1. The van der Waals surface area contributed by atoms with Gasteiger partial charge in [0.05, 0.1) is 11.3 Å². The molecular weight excluding hydrogens is 289 g/mol. The molecule has 1 aromatic rings. The van der Waals surface area contributed by atoms with Gasteiger partial charge in [0.25, 0.3) is 0 Å². The first-order valence-corrected chi connectivity index (χ1v) is 7.21.